The second-order valence-corrected chi connectivity index (χ2v) is 4.71. The van der Waals surface area contributed by atoms with Crippen LogP contribution < -0.4 is 0 Å². The van der Waals surface area contributed by atoms with E-state index in [1.807, 2.05) is 0 Å². The maximum absolute atomic E-state index is 10.5. The van der Waals surface area contributed by atoms with Crippen LogP contribution in [0.25, 0.3) is 0 Å². The van der Waals surface area contributed by atoms with Crippen LogP contribution in [-0.4, -0.2) is 19.6 Å². The minimum absolute atomic E-state index is 0.113. The fourth-order valence-electron chi connectivity index (χ4n) is 1.61. The topological polar surface area (TPSA) is 81.2 Å². The Kier molecular flexibility index (Phi) is 4.04. The first-order valence-electron chi connectivity index (χ1n) is 5.26. The van der Waals surface area contributed by atoms with Crippen LogP contribution in [0.2, 0.25) is 10.0 Å². The number of halogens is 2. The number of nitro groups is 1. The third-order valence-corrected chi connectivity index (χ3v) is 3.07. The highest BCUT2D eigenvalue weighted by molar-refractivity contribution is 6.35. The largest absolute Gasteiger partial charge is 0.386 e. The van der Waals surface area contributed by atoms with Gasteiger partial charge in [-0.2, -0.15) is 0 Å². The fraction of sp³-hybridized carbons (Fsp3) is 0.182. The van der Waals surface area contributed by atoms with Gasteiger partial charge >= 0.3 is 5.82 Å². The number of aliphatic hydroxyl groups is 1. The summed E-state index contributed by atoms with van der Waals surface area (Å²) in [5.41, 5.74) is 0.502. The lowest BCUT2D eigenvalue weighted by molar-refractivity contribution is -0.389. The van der Waals surface area contributed by atoms with Gasteiger partial charge < -0.3 is 19.8 Å². The minimum atomic E-state index is -0.904. The van der Waals surface area contributed by atoms with Crippen molar-refractivity contribution in [3.8, 4) is 0 Å². The molecule has 0 aliphatic heterocycles. The van der Waals surface area contributed by atoms with Crippen LogP contribution in [0.5, 0.6) is 0 Å². The molecule has 2 aromatic rings. The number of rotatable bonds is 4. The maximum Gasteiger partial charge on any atom is 0.381 e. The van der Waals surface area contributed by atoms with E-state index in [-0.39, 0.29) is 12.4 Å². The van der Waals surface area contributed by atoms with E-state index in [2.05, 4.69) is 4.98 Å². The fourth-order valence-corrected chi connectivity index (χ4v) is 2.15. The van der Waals surface area contributed by atoms with Crippen LogP contribution in [0.4, 0.5) is 5.82 Å². The molecule has 1 heterocycles. The summed E-state index contributed by atoms with van der Waals surface area (Å²) in [4.78, 5) is 13.5. The summed E-state index contributed by atoms with van der Waals surface area (Å²) in [6.07, 6.45) is 1.62. The second-order valence-electron chi connectivity index (χ2n) is 3.87. The van der Waals surface area contributed by atoms with Crippen molar-refractivity contribution in [1.82, 2.24) is 9.55 Å². The molecule has 0 bridgehead atoms. The van der Waals surface area contributed by atoms with E-state index < -0.39 is 11.0 Å². The van der Waals surface area contributed by atoms with Crippen LogP contribution in [0.15, 0.2) is 30.7 Å². The molecule has 1 aromatic heterocycles. The first-order chi connectivity index (χ1) is 8.97. The Morgan fingerprint density at radius 2 is 2.21 bits per heavy atom. The highest BCUT2D eigenvalue weighted by Gasteiger charge is 2.16. The smallest absolute Gasteiger partial charge is 0.381 e. The van der Waals surface area contributed by atoms with E-state index in [1.165, 1.54) is 23.2 Å². The normalized spacial score (nSPS) is 12.4. The highest BCUT2D eigenvalue weighted by atomic mass is 35.5. The molecule has 6 nitrogen and oxygen atoms in total. The molecule has 1 aromatic carbocycles. The summed E-state index contributed by atoms with van der Waals surface area (Å²) >= 11 is 11.7. The zero-order valence-corrected chi connectivity index (χ0v) is 11.0. The lowest BCUT2D eigenvalue weighted by atomic mass is 10.1. The Morgan fingerprint density at radius 1 is 1.47 bits per heavy atom. The third-order valence-electron chi connectivity index (χ3n) is 2.51. The SMILES string of the molecule is O=[N+]([O-])c1cn(CC(O)c2ccc(Cl)cc2Cl)cn1. The average molecular weight is 302 g/mol. The van der Waals surface area contributed by atoms with Crippen molar-refractivity contribution >= 4 is 29.0 Å². The van der Waals surface area contributed by atoms with Crippen molar-refractivity contribution in [3.05, 3.63) is 56.4 Å². The predicted octanol–water partition coefficient (Wildman–Crippen LogP) is 2.83. The molecule has 0 aliphatic carbocycles. The van der Waals surface area contributed by atoms with Gasteiger partial charge in [0, 0.05) is 15.6 Å². The summed E-state index contributed by atoms with van der Waals surface area (Å²) in [5, 5.41) is 21.4. The Labute approximate surface area is 118 Å². The Bertz CT molecular complexity index is 615. The molecular weight excluding hydrogens is 293 g/mol. The van der Waals surface area contributed by atoms with Gasteiger partial charge in [0.1, 0.15) is 6.20 Å². The number of nitrogens with zero attached hydrogens (tertiary/aromatic N) is 3. The van der Waals surface area contributed by atoms with Crippen molar-refractivity contribution in [1.29, 1.82) is 0 Å². The standard InChI is InChI=1S/C11H9Cl2N3O3/c12-7-1-2-8(9(13)3-7)10(17)4-15-5-11(14-6-15)16(18)19/h1-3,5-6,10,17H,4H2. The number of imidazole rings is 1. The second kappa shape index (κ2) is 5.56. The van der Waals surface area contributed by atoms with E-state index >= 15 is 0 Å². The molecule has 0 radical (unpaired) electrons. The van der Waals surface area contributed by atoms with Gasteiger partial charge in [-0.15, -0.1) is 0 Å². The van der Waals surface area contributed by atoms with Gasteiger partial charge in [-0.05, 0) is 22.0 Å². The highest BCUT2D eigenvalue weighted by Crippen LogP contribution is 2.27. The van der Waals surface area contributed by atoms with Gasteiger partial charge in [-0.3, -0.25) is 0 Å². The summed E-state index contributed by atoms with van der Waals surface area (Å²) < 4.78 is 1.42. The van der Waals surface area contributed by atoms with E-state index in [0.717, 1.165) is 0 Å². The van der Waals surface area contributed by atoms with Gasteiger partial charge in [0.15, 0.2) is 0 Å². The van der Waals surface area contributed by atoms with Gasteiger partial charge in [0.25, 0.3) is 0 Å². The van der Waals surface area contributed by atoms with Gasteiger partial charge in [0.2, 0.25) is 6.33 Å². The van der Waals surface area contributed by atoms with Crippen molar-refractivity contribution in [3.63, 3.8) is 0 Å². The first-order valence-corrected chi connectivity index (χ1v) is 6.02. The Morgan fingerprint density at radius 3 is 2.79 bits per heavy atom. The van der Waals surface area contributed by atoms with Crippen molar-refractivity contribution in [2.75, 3.05) is 0 Å². The summed E-state index contributed by atoms with van der Waals surface area (Å²) in [7, 11) is 0. The molecule has 0 saturated carbocycles. The van der Waals surface area contributed by atoms with E-state index in [0.29, 0.717) is 15.6 Å². The van der Waals surface area contributed by atoms with Gasteiger partial charge in [-0.25, -0.2) is 0 Å². The van der Waals surface area contributed by atoms with Crippen LogP contribution in [0.3, 0.4) is 0 Å². The number of aromatic nitrogens is 2. The van der Waals surface area contributed by atoms with Gasteiger partial charge in [0.05, 0.1) is 12.6 Å². The van der Waals surface area contributed by atoms with E-state index in [1.54, 1.807) is 12.1 Å². The maximum atomic E-state index is 10.5. The lowest BCUT2D eigenvalue weighted by Crippen LogP contribution is -2.07. The zero-order valence-electron chi connectivity index (χ0n) is 9.53. The summed E-state index contributed by atoms with van der Waals surface area (Å²) in [6.45, 7) is 0.113. The Balaban J connectivity index is 2.15. The summed E-state index contributed by atoms with van der Waals surface area (Å²) in [5.74, 6) is -0.269. The third kappa shape index (κ3) is 3.23. The Hall–Kier alpha value is -1.63. The van der Waals surface area contributed by atoms with Crippen LogP contribution in [0.1, 0.15) is 11.7 Å². The van der Waals surface area contributed by atoms with Crippen molar-refractivity contribution < 1.29 is 10.0 Å². The summed E-state index contributed by atoms with van der Waals surface area (Å²) in [6, 6.07) is 4.75. The quantitative estimate of drug-likeness (QED) is 0.695. The predicted molar refractivity (Wildman–Crippen MR) is 70.3 cm³/mol. The molecule has 1 unspecified atom stereocenters. The van der Waals surface area contributed by atoms with E-state index in [9.17, 15) is 15.2 Å². The number of benzene rings is 1. The van der Waals surface area contributed by atoms with E-state index in [4.69, 9.17) is 23.2 Å². The minimum Gasteiger partial charge on any atom is -0.386 e. The molecule has 100 valence electrons. The average Bonchev–Trinajstić information content (AvgIpc) is 2.77. The lowest BCUT2D eigenvalue weighted by Gasteiger charge is -2.12. The number of aliphatic hydroxyl groups excluding tert-OH is 1. The molecule has 2 rings (SSSR count). The molecular formula is C11H9Cl2N3O3. The molecule has 0 fully saturated rings. The molecule has 8 heteroatoms. The molecule has 1 N–H and O–H groups in total. The first kappa shape index (κ1) is 13.8. The number of hydrogen-bond donors (Lipinski definition) is 1. The molecule has 0 saturated heterocycles. The zero-order chi connectivity index (χ0) is 14.0. The molecule has 19 heavy (non-hydrogen) atoms. The van der Waals surface area contributed by atoms with Crippen LogP contribution in [0, 0.1) is 10.1 Å². The van der Waals surface area contributed by atoms with Crippen LogP contribution >= 0.6 is 23.2 Å². The molecule has 0 spiro atoms. The molecule has 1 atom stereocenters. The van der Waals surface area contributed by atoms with Crippen LogP contribution in [-0.2, 0) is 6.54 Å². The van der Waals surface area contributed by atoms with Gasteiger partial charge in [-0.1, -0.05) is 29.3 Å². The van der Waals surface area contributed by atoms with Crippen molar-refractivity contribution in [2.45, 2.75) is 12.6 Å². The van der Waals surface area contributed by atoms with Crippen molar-refractivity contribution in [2.24, 2.45) is 0 Å². The number of hydrogen-bond acceptors (Lipinski definition) is 4. The molecule has 0 aliphatic rings. The monoisotopic (exact) mass is 301 g/mol. The molecule has 0 amide bonds.